The Labute approximate surface area is 189 Å². The van der Waals surface area contributed by atoms with Gasteiger partial charge in [0.25, 0.3) is 0 Å². The van der Waals surface area contributed by atoms with Crippen molar-refractivity contribution < 1.29 is 24.2 Å². The van der Waals surface area contributed by atoms with Crippen LogP contribution >= 0.6 is 12.2 Å². The molecule has 0 aliphatic carbocycles. The van der Waals surface area contributed by atoms with E-state index in [0.29, 0.717) is 28.7 Å². The molecule has 2 atom stereocenters. The molecule has 0 radical (unpaired) electrons. The molecule has 1 fully saturated rings. The summed E-state index contributed by atoms with van der Waals surface area (Å²) in [7, 11) is 0. The van der Waals surface area contributed by atoms with E-state index in [2.05, 4.69) is 17.2 Å². The van der Waals surface area contributed by atoms with E-state index in [1.54, 1.807) is 12.3 Å². The van der Waals surface area contributed by atoms with Crippen molar-refractivity contribution in [3.05, 3.63) is 77.3 Å². The highest BCUT2D eigenvalue weighted by Gasteiger charge is 2.41. The van der Waals surface area contributed by atoms with E-state index in [4.69, 9.17) is 16.6 Å². The van der Waals surface area contributed by atoms with Crippen LogP contribution < -0.4 is 5.32 Å². The molecule has 3 heterocycles. The minimum Gasteiger partial charge on any atom is -0.478 e. The first-order valence-electron chi connectivity index (χ1n) is 10.1. The molecule has 1 aromatic carbocycles. The second-order valence-electron chi connectivity index (χ2n) is 7.43. The molecule has 0 saturated carbocycles. The quantitative estimate of drug-likeness (QED) is 0.456. The Morgan fingerprint density at radius 2 is 1.84 bits per heavy atom. The van der Waals surface area contributed by atoms with Crippen LogP contribution in [0.1, 0.15) is 57.6 Å². The molecule has 3 N–H and O–H groups in total. The number of aromatic nitrogens is 1. The number of nitrogens with one attached hydrogen (secondary N) is 1. The first kappa shape index (κ1) is 21.5. The number of hydrogen-bond donors (Lipinski definition) is 3. The minimum absolute atomic E-state index is 0.125. The molecule has 32 heavy (non-hydrogen) atoms. The van der Waals surface area contributed by atoms with E-state index in [1.165, 1.54) is 12.1 Å². The number of aromatic carboxylic acids is 2. The van der Waals surface area contributed by atoms with Gasteiger partial charge in [0.15, 0.2) is 5.11 Å². The normalized spacial score (nSPS) is 17.9. The molecule has 0 amide bonds. The Morgan fingerprint density at radius 1 is 1.12 bits per heavy atom. The maximum atomic E-state index is 11.5. The van der Waals surface area contributed by atoms with Gasteiger partial charge in [-0.1, -0.05) is 13.0 Å². The van der Waals surface area contributed by atoms with Crippen LogP contribution in [0.2, 0.25) is 0 Å². The monoisotopic (exact) mass is 451 g/mol. The van der Waals surface area contributed by atoms with Gasteiger partial charge >= 0.3 is 11.9 Å². The third-order valence-corrected chi connectivity index (χ3v) is 5.64. The van der Waals surface area contributed by atoms with Crippen molar-refractivity contribution >= 4 is 29.3 Å². The number of nitrogens with zero attached hydrogens (tertiary/aromatic N) is 2. The Balaban J connectivity index is 1.76. The van der Waals surface area contributed by atoms with Crippen LogP contribution in [0.25, 0.3) is 11.3 Å². The van der Waals surface area contributed by atoms with Gasteiger partial charge in [0, 0.05) is 18.3 Å². The number of pyridine rings is 1. The Kier molecular flexibility index (Phi) is 5.91. The van der Waals surface area contributed by atoms with Gasteiger partial charge in [-0.3, -0.25) is 4.98 Å². The summed E-state index contributed by atoms with van der Waals surface area (Å²) in [6.45, 7) is 2.78. The zero-order chi connectivity index (χ0) is 22.8. The largest absolute Gasteiger partial charge is 0.478 e. The molecule has 0 spiro atoms. The highest BCUT2D eigenvalue weighted by molar-refractivity contribution is 7.80. The number of carboxylic acid groups (broad SMARTS) is 2. The third kappa shape index (κ3) is 4.06. The van der Waals surface area contributed by atoms with Crippen LogP contribution in [0.5, 0.6) is 0 Å². The maximum absolute atomic E-state index is 11.5. The fourth-order valence-corrected chi connectivity index (χ4v) is 4.21. The standard InChI is InChI=1S/C23H21N3O5S/c1-2-9-26-20(19(25-23(26)32)16-5-3-4-8-24-16)18-7-6-17(31-18)13-10-14(21(27)28)12-15(11-13)22(29)30/h3-8,10-12,19-20H,2,9H2,1H3,(H,25,32)(H,27,28)(H,29,30)/t19-,20+/m0/s1. The second kappa shape index (κ2) is 8.80. The molecule has 164 valence electrons. The van der Waals surface area contributed by atoms with Gasteiger partial charge in [-0.15, -0.1) is 0 Å². The SMILES string of the molecule is CCCN1C(=S)N[C@@H](c2ccccn2)[C@H]1c1ccc(-c2cc(C(=O)O)cc(C(=O)O)c2)o1. The van der Waals surface area contributed by atoms with Crippen molar-refractivity contribution in [2.45, 2.75) is 25.4 Å². The average molecular weight is 452 g/mol. The number of thiocarbonyl (C=S) groups is 1. The lowest BCUT2D eigenvalue weighted by Gasteiger charge is -2.25. The topological polar surface area (TPSA) is 116 Å². The lowest BCUT2D eigenvalue weighted by molar-refractivity contribution is 0.0696. The Hall–Kier alpha value is -3.72. The summed E-state index contributed by atoms with van der Waals surface area (Å²) in [5.41, 5.74) is 0.942. The van der Waals surface area contributed by atoms with Crippen LogP contribution in [-0.2, 0) is 0 Å². The summed E-state index contributed by atoms with van der Waals surface area (Å²) < 4.78 is 6.14. The number of carboxylic acids is 2. The number of rotatable bonds is 7. The average Bonchev–Trinajstić information content (AvgIpc) is 3.39. The molecule has 2 aromatic heterocycles. The lowest BCUT2D eigenvalue weighted by atomic mass is 10.0. The lowest BCUT2D eigenvalue weighted by Crippen LogP contribution is -2.30. The predicted molar refractivity (Wildman–Crippen MR) is 121 cm³/mol. The third-order valence-electron chi connectivity index (χ3n) is 5.29. The van der Waals surface area contributed by atoms with Crippen molar-refractivity contribution in [3.8, 4) is 11.3 Å². The number of carbonyl (C=O) groups is 2. The fraction of sp³-hybridized carbons (Fsp3) is 0.217. The zero-order valence-corrected chi connectivity index (χ0v) is 18.0. The van der Waals surface area contributed by atoms with Crippen LogP contribution in [0, 0.1) is 0 Å². The number of benzene rings is 1. The van der Waals surface area contributed by atoms with Gasteiger partial charge < -0.3 is 24.8 Å². The van der Waals surface area contributed by atoms with Crippen LogP contribution in [0.15, 0.2) is 59.1 Å². The minimum atomic E-state index is -1.21. The summed E-state index contributed by atoms with van der Waals surface area (Å²) in [6, 6.07) is 12.6. The smallest absolute Gasteiger partial charge is 0.335 e. The van der Waals surface area contributed by atoms with E-state index >= 15 is 0 Å². The van der Waals surface area contributed by atoms with Gasteiger partial charge in [-0.2, -0.15) is 0 Å². The van der Waals surface area contributed by atoms with Crippen LogP contribution in [-0.4, -0.2) is 43.7 Å². The van der Waals surface area contributed by atoms with E-state index in [0.717, 1.165) is 18.2 Å². The van der Waals surface area contributed by atoms with Gasteiger partial charge in [0.05, 0.1) is 22.9 Å². The van der Waals surface area contributed by atoms with Crippen LogP contribution in [0.4, 0.5) is 0 Å². The van der Waals surface area contributed by atoms with Gasteiger partial charge in [-0.05, 0) is 61.1 Å². The van der Waals surface area contributed by atoms with Crippen molar-refractivity contribution in [1.29, 1.82) is 0 Å². The van der Waals surface area contributed by atoms with Crippen molar-refractivity contribution in [2.75, 3.05) is 6.54 Å². The van der Waals surface area contributed by atoms with E-state index in [-0.39, 0.29) is 23.2 Å². The summed E-state index contributed by atoms with van der Waals surface area (Å²) in [6.07, 6.45) is 2.60. The molecule has 0 bridgehead atoms. The molecule has 0 unspecified atom stereocenters. The highest BCUT2D eigenvalue weighted by atomic mass is 32.1. The van der Waals surface area contributed by atoms with Crippen molar-refractivity contribution in [3.63, 3.8) is 0 Å². The molecule has 4 rings (SSSR count). The molecule has 1 saturated heterocycles. The van der Waals surface area contributed by atoms with Crippen molar-refractivity contribution in [1.82, 2.24) is 15.2 Å². The predicted octanol–water partition coefficient (Wildman–Crippen LogP) is 4.12. The number of furan rings is 1. The van der Waals surface area contributed by atoms with Gasteiger partial charge in [-0.25, -0.2) is 9.59 Å². The van der Waals surface area contributed by atoms with E-state index < -0.39 is 11.9 Å². The molecular weight excluding hydrogens is 430 g/mol. The molecule has 3 aromatic rings. The first-order valence-corrected chi connectivity index (χ1v) is 10.5. The fourth-order valence-electron chi connectivity index (χ4n) is 3.88. The van der Waals surface area contributed by atoms with Crippen molar-refractivity contribution in [2.24, 2.45) is 0 Å². The molecule has 1 aliphatic heterocycles. The molecule has 9 heteroatoms. The Bertz CT molecular complexity index is 1150. The van der Waals surface area contributed by atoms with Gasteiger partial charge in [0.1, 0.15) is 17.6 Å². The Morgan fingerprint density at radius 3 is 2.44 bits per heavy atom. The molecular formula is C23H21N3O5S. The summed E-state index contributed by atoms with van der Waals surface area (Å²) in [5, 5.41) is 22.7. The summed E-state index contributed by atoms with van der Waals surface area (Å²) in [5.74, 6) is -1.43. The maximum Gasteiger partial charge on any atom is 0.335 e. The second-order valence-corrected chi connectivity index (χ2v) is 7.82. The molecule has 1 aliphatic rings. The highest BCUT2D eigenvalue weighted by Crippen LogP contribution is 2.40. The van der Waals surface area contributed by atoms with Gasteiger partial charge in [0.2, 0.25) is 0 Å². The van der Waals surface area contributed by atoms with Crippen LogP contribution in [0.3, 0.4) is 0 Å². The molecule has 8 nitrogen and oxygen atoms in total. The zero-order valence-electron chi connectivity index (χ0n) is 17.2. The summed E-state index contributed by atoms with van der Waals surface area (Å²) >= 11 is 5.57. The van der Waals surface area contributed by atoms with E-state index in [9.17, 15) is 19.8 Å². The number of hydrogen-bond acceptors (Lipinski definition) is 5. The first-order chi connectivity index (χ1) is 15.4. The van der Waals surface area contributed by atoms with E-state index in [1.807, 2.05) is 29.2 Å². The summed E-state index contributed by atoms with van der Waals surface area (Å²) in [4.78, 5) is 29.5.